The zero-order chi connectivity index (χ0) is 13.0. The lowest BCUT2D eigenvalue weighted by Gasteiger charge is -2.10. The van der Waals surface area contributed by atoms with Crippen LogP contribution in [-0.4, -0.2) is 0 Å². The highest BCUT2D eigenvalue weighted by Gasteiger charge is 2.01. The number of hydrogen-bond donors (Lipinski definition) is 1. The zero-order valence-corrected chi connectivity index (χ0v) is 11.9. The van der Waals surface area contributed by atoms with Gasteiger partial charge >= 0.3 is 0 Å². The Bertz CT molecular complexity index is 540. The molecule has 0 unspecified atom stereocenters. The summed E-state index contributed by atoms with van der Waals surface area (Å²) in [6.07, 6.45) is 0. The first-order valence-electron chi connectivity index (χ1n) is 5.86. The summed E-state index contributed by atoms with van der Waals surface area (Å²) in [6, 6.07) is 14.2. The number of aryl methyl sites for hydroxylation is 1. The summed E-state index contributed by atoms with van der Waals surface area (Å²) in [5.41, 5.74) is 9.01. The number of rotatable bonds is 4. The lowest BCUT2D eigenvalue weighted by atomic mass is 10.1. The number of benzene rings is 2. The van der Waals surface area contributed by atoms with Gasteiger partial charge in [-0.25, -0.2) is 0 Å². The van der Waals surface area contributed by atoms with E-state index in [1.165, 1.54) is 0 Å². The van der Waals surface area contributed by atoms with Crippen molar-refractivity contribution >= 4 is 15.9 Å². The van der Waals surface area contributed by atoms with Crippen LogP contribution in [0.1, 0.15) is 16.7 Å². The topological polar surface area (TPSA) is 35.2 Å². The molecule has 0 saturated carbocycles. The molecule has 0 spiro atoms. The molecule has 0 amide bonds. The second kappa shape index (κ2) is 6.03. The van der Waals surface area contributed by atoms with Crippen LogP contribution in [0.4, 0.5) is 0 Å². The first-order chi connectivity index (χ1) is 8.69. The van der Waals surface area contributed by atoms with E-state index >= 15 is 0 Å². The maximum atomic E-state index is 5.82. The van der Waals surface area contributed by atoms with Crippen LogP contribution in [0.25, 0.3) is 0 Å². The van der Waals surface area contributed by atoms with E-state index in [4.69, 9.17) is 10.5 Å². The van der Waals surface area contributed by atoms with E-state index in [9.17, 15) is 0 Å². The van der Waals surface area contributed by atoms with Crippen molar-refractivity contribution in [1.82, 2.24) is 0 Å². The van der Waals surface area contributed by atoms with Crippen LogP contribution in [-0.2, 0) is 13.2 Å². The predicted octanol–water partition coefficient (Wildman–Crippen LogP) is 3.80. The van der Waals surface area contributed by atoms with Crippen LogP contribution < -0.4 is 10.5 Å². The van der Waals surface area contributed by atoms with E-state index in [1.807, 2.05) is 43.3 Å². The van der Waals surface area contributed by atoms with Gasteiger partial charge in [0.25, 0.3) is 0 Å². The van der Waals surface area contributed by atoms with Gasteiger partial charge in [-0.1, -0.05) is 40.2 Å². The maximum Gasteiger partial charge on any atom is 0.122 e. The number of nitrogens with two attached hydrogens (primary N) is 1. The molecule has 0 bridgehead atoms. The summed E-state index contributed by atoms with van der Waals surface area (Å²) in [5.74, 6) is 0.913. The third-order valence-electron chi connectivity index (χ3n) is 2.76. The van der Waals surface area contributed by atoms with Crippen LogP contribution in [0.2, 0.25) is 0 Å². The van der Waals surface area contributed by atoms with Crippen molar-refractivity contribution in [2.24, 2.45) is 5.73 Å². The van der Waals surface area contributed by atoms with Crippen molar-refractivity contribution in [3.63, 3.8) is 0 Å². The van der Waals surface area contributed by atoms with Crippen molar-refractivity contribution in [2.75, 3.05) is 0 Å². The summed E-state index contributed by atoms with van der Waals surface area (Å²) in [7, 11) is 0. The Morgan fingerprint density at radius 3 is 2.61 bits per heavy atom. The Morgan fingerprint density at radius 2 is 1.89 bits per heavy atom. The largest absolute Gasteiger partial charge is 0.489 e. The first-order valence-corrected chi connectivity index (χ1v) is 6.65. The molecule has 2 aromatic carbocycles. The highest BCUT2D eigenvalue weighted by atomic mass is 79.9. The molecule has 2 aromatic rings. The third-order valence-corrected chi connectivity index (χ3v) is 3.25. The van der Waals surface area contributed by atoms with Crippen LogP contribution in [0.3, 0.4) is 0 Å². The minimum Gasteiger partial charge on any atom is -0.489 e. The van der Waals surface area contributed by atoms with Crippen LogP contribution >= 0.6 is 15.9 Å². The molecule has 0 aliphatic carbocycles. The Hall–Kier alpha value is -1.32. The van der Waals surface area contributed by atoms with Crippen molar-refractivity contribution in [1.29, 1.82) is 0 Å². The van der Waals surface area contributed by atoms with Gasteiger partial charge in [0.1, 0.15) is 12.4 Å². The second-order valence-electron chi connectivity index (χ2n) is 4.22. The fourth-order valence-electron chi connectivity index (χ4n) is 1.78. The van der Waals surface area contributed by atoms with Gasteiger partial charge in [-0.15, -0.1) is 0 Å². The summed E-state index contributed by atoms with van der Waals surface area (Å²) >= 11 is 3.44. The van der Waals surface area contributed by atoms with Gasteiger partial charge in [-0.2, -0.15) is 0 Å². The van der Waals surface area contributed by atoms with Gasteiger partial charge < -0.3 is 10.5 Å². The minimum atomic E-state index is 0.561. The molecular weight excluding hydrogens is 290 g/mol. The third kappa shape index (κ3) is 3.34. The first kappa shape index (κ1) is 13.1. The Kier molecular flexibility index (Phi) is 4.39. The highest BCUT2D eigenvalue weighted by Crippen LogP contribution is 2.23. The lowest BCUT2D eigenvalue weighted by molar-refractivity contribution is 0.304. The summed E-state index contributed by atoms with van der Waals surface area (Å²) < 4.78 is 6.88. The average molecular weight is 306 g/mol. The fraction of sp³-hybridized carbons (Fsp3) is 0.200. The normalized spacial score (nSPS) is 10.4. The van der Waals surface area contributed by atoms with E-state index < -0.39 is 0 Å². The maximum absolute atomic E-state index is 5.82. The van der Waals surface area contributed by atoms with Crippen LogP contribution in [0, 0.1) is 6.92 Å². The van der Waals surface area contributed by atoms with E-state index in [1.54, 1.807) is 0 Å². The minimum absolute atomic E-state index is 0.561. The van der Waals surface area contributed by atoms with Crippen molar-refractivity contribution in [2.45, 2.75) is 20.1 Å². The van der Waals surface area contributed by atoms with Gasteiger partial charge in [0.15, 0.2) is 0 Å². The van der Waals surface area contributed by atoms with E-state index in [-0.39, 0.29) is 0 Å². The Morgan fingerprint density at radius 1 is 1.11 bits per heavy atom. The highest BCUT2D eigenvalue weighted by molar-refractivity contribution is 9.10. The van der Waals surface area contributed by atoms with Gasteiger partial charge in [-0.05, 0) is 41.8 Å². The van der Waals surface area contributed by atoms with E-state index in [0.717, 1.165) is 26.9 Å². The Labute approximate surface area is 116 Å². The average Bonchev–Trinajstić information content (AvgIpc) is 2.38. The molecule has 0 radical (unpaired) electrons. The van der Waals surface area contributed by atoms with Gasteiger partial charge in [0, 0.05) is 11.0 Å². The molecule has 0 saturated heterocycles. The standard InChI is InChI=1S/C15H16BrNO/c1-11-7-14(16)5-6-15(11)18-10-13-4-2-3-12(8-13)9-17/h2-8H,9-10,17H2,1H3. The van der Waals surface area contributed by atoms with Crippen LogP contribution in [0.15, 0.2) is 46.9 Å². The monoisotopic (exact) mass is 305 g/mol. The molecule has 0 fully saturated rings. The van der Waals surface area contributed by atoms with Crippen molar-refractivity contribution in [3.8, 4) is 5.75 Å². The molecule has 2 N–H and O–H groups in total. The molecule has 0 aliphatic rings. The Balaban J connectivity index is 2.06. The molecule has 94 valence electrons. The van der Waals surface area contributed by atoms with Gasteiger partial charge in [0.05, 0.1) is 0 Å². The molecule has 0 atom stereocenters. The summed E-state index contributed by atoms with van der Waals surface area (Å²) in [5, 5.41) is 0. The number of ether oxygens (including phenoxy) is 1. The molecule has 2 nitrogen and oxygen atoms in total. The van der Waals surface area contributed by atoms with Gasteiger partial charge in [0.2, 0.25) is 0 Å². The molecule has 18 heavy (non-hydrogen) atoms. The SMILES string of the molecule is Cc1cc(Br)ccc1OCc1cccc(CN)c1. The zero-order valence-electron chi connectivity index (χ0n) is 10.3. The second-order valence-corrected chi connectivity index (χ2v) is 5.14. The van der Waals surface area contributed by atoms with E-state index in [2.05, 4.69) is 22.0 Å². The predicted molar refractivity (Wildman–Crippen MR) is 77.5 cm³/mol. The molecular formula is C15H16BrNO. The smallest absolute Gasteiger partial charge is 0.122 e. The van der Waals surface area contributed by atoms with Crippen LogP contribution in [0.5, 0.6) is 5.75 Å². The van der Waals surface area contributed by atoms with Crippen molar-refractivity contribution in [3.05, 3.63) is 63.6 Å². The number of hydrogen-bond acceptors (Lipinski definition) is 2. The van der Waals surface area contributed by atoms with Gasteiger partial charge in [-0.3, -0.25) is 0 Å². The molecule has 0 heterocycles. The number of halogens is 1. The molecule has 2 rings (SSSR count). The quantitative estimate of drug-likeness (QED) is 0.932. The van der Waals surface area contributed by atoms with E-state index in [0.29, 0.717) is 13.2 Å². The molecule has 0 aliphatic heterocycles. The molecule has 3 heteroatoms. The molecule has 0 aromatic heterocycles. The van der Waals surface area contributed by atoms with Crippen molar-refractivity contribution < 1.29 is 4.74 Å². The fourth-order valence-corrected chi connectivity index (χ4v) is 2.26. The lowest BCUT2D eigenvalue weighted by Crippen LogP contribution is -2.00. The summed E-state index contributed by atoms with van der Waals surface area (Å²) in [6.45, 7) is 3.16. The summed E-state index contributed by atoms with van der Waals surface area (Å²) in [4.78, 5) is 0.